The van der Waals surface area contributed by atoms with E-state index in [1.54, 1.807) is 24.3 Å². The molecule has 2 N–H and O–H groups in total. The summed E-state index contributed by atoms with van der Waals surface area (Å²) in [5.41, 5.74) is 2.20. The number of aromatic nitrogens is 3. The van der Waals surface area contributed by atoms with E-state index in [0.717, 1.165) is 11.3 Å². The van der Waals surface area contributed by atoms with Gasteiger partial charge < -0.3 is 19.9 Å². The third-order valence-electron chi connectivity index (χ3n) is 4.96. The van der Waals surface area contributed by atoms with Crippen LogP contribution >= 0.6 is 11.8 Å². The standard InChI is InChI=1S/C25H29N5O3S/c1-5-15-30-23(18(4)26-24(32)21-10-8-7-9-17(21)3)28-29-25(30)34-16-22(31)27-19-11-13-20(14-12-19)33-6-2/h5,7-14,18H,1,6,15-16H2,2-4H3,(H,26,32)(H,27,31)/t18-/m1/s1. The number of thioether (sulfide) groups is 1. The number of hydrogen-bond donors (Lipinski definition) is 2. The average Bonchev–Trinajstić information content (AvgIpc) is 3.22. The van der Waals surface area contributed by atoms with Crippen LogP contribution in [0.1, 0.15) is 41.6 Å². The zero-order valence-corrected chi connectivity index (χ0v) is 20.4. The van der Waals surface area contributed by atoms with E-state index in [2.05, 4.69) is 27.4 Å². The van der Waals surface area contributed by atoms with Gasteiger partial charge in [0.2, 0.25) is 5.91 Å². The van der Waals surface area contributed by atoms with E-state index < -0.39 is 0 Å². The first-order chi connectivity index (χ1) is 16.4. The van der Waals surface area contributed by atoms with Crippen molar-refractivity contribution < 1.29 is 14.3 Å². The summed E-state index contributed by atoms with van der Waals surface area (Å²) >= 11 is 1.27. The Bertz CT molecular complexity index is 1140. The lowest BCUT2D eigenvalue weighted by Gasteiger charge is -2.16. The third-order valence-corrected chi connectivity index (χ3v) is 5.93. The molecule has 34 heavy (non-hydrogen) atoms. The van der Waals surface area contributed by atoms with E-state index >= 15 is 0 Å². The molecule has 0 spiro atoms. The highest BCUT2D eigenvalue weighted by Gasteiger charge is 2.21. The SMILES string of the molecule is C=CCn1c(SCC(=O)Nc2ccc(OCC)cc2)nnc1[C@@H](C)NC(=O)c1ccccc1C. The summed E-state index contributed by atoms with van der Waals surface area (Å²) in [7, 11) is 0. The normalized spacial score (nSPS) is 11.5. The molecule has 0 radical (unpaired) electrons. The van der Waals surface area contributed by atoms with Gasteiger partial charge in [-0.05, 0) is 56.7 Å². The summed E-state index contributed by atoms with van der Waals surface area (Å²) < 4.78 is 7.27. The zero-order chi connectivity index (χ0) is 24.5. The molecule has 1 atom stereocenters. The second-order valence-corrected chi connectivity index (χ2v) is 8.49. The first-order valence-corrected chi connectivity index (χ1v) is 12.0. The van der Waals surface area contributed by atoms with Crippen LogP contribution in [0.3, 0.4) is 0 Å². The van der Waals surface area contributed by atoms with Gasteiger partial charge in [-0.25, -0.2) is 0 Å². The Morgan fingerprint density at radius 2 is 1.91 bits per heavy atom. The predicted molar refractivity (Wildman–Crippen MR) is 134 cm³/mol. The molecule has 178 valence electrons. The average molecular weight is 480 g/mol. The van der Waals surface area contributed by atoms with Gasteiger partial charge in [-0.2, -0.15) is 0 Å². The van der Waals surface area contributed by atoms with Crippen LogP contribution in [-0.4, -0.2) is 38.9 Å². The summed E-state index contributed by atoms with van der Waals surface area (Å²) in [6.07, 6.45) is 1.73. The van der Waals surface area contributed by atoms with Gasteiger partial charge in [-0.3, -0.25) is 9.59 Å². The monoisotopic (exact) mass is 479 g/mol. The Balaban J connectivity index is 1.63. The van der Waals surface area contributed by atoms with Crippen molar-refractivity contribution in [3.05, 3.63) is 78.1 Å². The van der Waals surface area contributed by atoms with Gasteiger partial charge in [-0.1, -0.05) is 36.0 Å². The van der Waals surface area contributed by atoms with E-state index in [4.69, 9.17) is 4.74 Å². The minimum Gasteiger partial charge on any atom is -0.494 e. The molecule has 3 aromatic rings. The molecule has 8 nitrogen and oxygen atoms in total. The van der Waals surface area contributed by atoms with Crippen molar-refractivity contribution in [2.45, 2.75) is 38.5 Å². The maximum absolute atomic E-state index is 12.7. The largest absolute Gasteiger partial charge is 0.494 e. The number of amides is 2. The molecule has 0 unspecified atom stereocenters. The number of hydrogen-bond acceptors (Lipinski definition) is 6. The fourth-order valence-corrected chi connectivity index (χ4v) is 4.08. The van der Waals surface area contributed by atoms with Crippen molar-refractivity contribution in [2.24, 2.45) is 0 Å². The van der Waals surface area contributed by atoms with Crippen LogP contribution in [0.2, 0.25) is 0 Å². The van der Waals surface area contributed by atoms with Crippen LogP contribution in [0.4, 0.5) is 5.69 Å². The van der Waals surface area contributed by atoms with Crippen LogP contribution in [-0.2, 0) is 11.3 Å². The molecule has 1 heterocycles. The van der Waals surface area contributed by atoms with Crippen molar-refractivity contribution in [3.63, 3.8) is 0 Å². The van der Waals surface area contributed by atoms with E-state index in [0.29, 0.717) is 35.4 Å². The van der Waals surface area contributed by atoms with E-state index in [1.165, 1.54) is 11.8 Å². The Morgan fingerprint density at radius 1 is 1.18 bits per heavy atom. The highest BCUT2D eigenvalue weighted by molar-refractivity contribution is 7.99. The lowest BCUT2D eigenvalue weighted by molar-refractivity contribution is -0.113. The van der Waals surface area contributed by atoms with E-state index in [-0.39, 0.29) is 23.6 Å². The molecular weight excluding hydrogens is 450 g/mol. The fourth-order valence-electron chi connectivity index (χ4n) is 3.32. The summed E-state index contributed by atoms with van der Waals surface area (Å²) in [6, 6.07) is 14.2. The second-order valence-electron chi connectivity index (χ2n) is 7.54. The number of aryl methyl sites for hydroxylation is 1. The number of carbonyl (C=O) groups is 2. The lowest BCUT2D eigenvalue weighted by atomic mass is 10.1. The van der Waals surface area contributed by atoms with Gasteiger partial charge in [0, 0.05) is 17.8 Å². The van der Waals surface area contributed by atoms with Gasteiger partial charge in [0.1, 0.15) is 5.75 Å². The molecule has 0 saturated heterocycles. The molecule has 0 fully saturated rings. The Labute approximate surface area is 203 Å². The first-order valence-electron chi connectivity index (χ1n) is 11.0. The summed E-state index contributed by atoms with van der Waals surface area (Å²) in [4.78, 5) is 25.2. The number of allylic oxidation sites excluding steroid dienone is 1. The Hall–Kier alpha value is -3.59. The van der Waals surface area contributed by atoms with Crippen molar-refractivity contribution in [2.75, 3.05) is 17.7 Å². The number of nitrogens with one attached hydrogen (secondary N) is 2. The predicted octanol–water partition coefficient (Wildman–Crippen LogP) is 4.39. The quantitative estimate of drug-likeness (QED) is 0.313. The molecule has 3 rings (SSSR count). The van der Waals surface area contributed by atoms with Crippen molar-refractivity contribution in [1.29, 1.82) is 0 Å². The molecule has 0 saturated carbocycles. The van der Waals surface area contributed by atoms with Gasteiger partial charge in [0.25, 0.3) is 5.91 Å². The summed E-state index contributed by atoms with van der Waals surface area (Å²) in [6.45, 7) is 10.5. The first kappa shape index (κ1) is 25.0. The van der Waals surface area contributed by atoms with Crippen molar-refractivity contribution >= 4 is 29.3 Å². The topological polar surface area (TPSA) is 98.1 Å². The number of benzene rings is 2. The summed E-state index contributed by atoms with van der Waals surface area (Å²) in [5, 5.41) is 14.9. The molecule has 2 amide bonds. The highest BCUT2D eigenvalue weighted by atomic mass is 32.2. The number of carbonyl (C=O) groups excluding carboxylic acids is 2. The zero-order valence-electron chi connectivity index (χ0n) is 19.6. The molecule has 0 bridgehead atoms. The minimum atomic E-state index is -0.383. The van der Waals surface area contributed by atoms with Gasteiger partial charge >= 0.3 is 0 Å². The van der Waals surface area contributed by atoms with Crippen LogP contribution in [0.25, 0.3) is 0 Å². The molecule has 1 aromatic heterocycles. The Morgan fingerprint density at radius 3 is 2.59 bits per heavy atom. The van der Waals surface area contributed by atoms with Crippen LogP contribution < -0.4 is 15.4 Å². The highest BCUT2D eigenvalue weighted by Crippen LogP contribution is 2.22. The molecule has 9 heteroatoms. The number of ether oxygens (including phenoxy) is 1. The van der Waals surface area contributed by atoms with Crippen LogP contribution in [0, 0.1) is 6.92 Å². The van der Waals surface area contributed by atoms with Crippen molar-refractivity contribution in [3.8, 4) is 5.75 Å². The fraction of sp³-hybridized carbons (Fsp3) is 0.280. The Kier molecular flexibility index (Phi) is 8.86. The van der Waals surface area contributed by atoms with E-state index in [9.17, 15) is 9.59 Å². The second kappa shape index (κ2) is 12.0. The number of anilines is 1. The third kappa shape index (κ3) is 6.48. The molecule has 0 aliphatic rings. The summed E-state index contributed by atoms with van der Waals surface area (Å²) in [5.74, 6) is 1.17. The maximum Gasteiger partial charge on any atom is 0.252 e. The van der Waals surface area contributed by atoms with Crippen LogP contribution in [0.5, 0.6) is 5.75 Å². The number of rotatable bonds is 11. The lowest BCUT2D eigenvalue weighted by Crippen LogP contribution is -2.29. The minimum absolute atomic E-state index is 0.159. The van der Waals surface area contributed by atoms with Crippen LogP contribution in [0.15, 0.2) is 66.3 Å². The smallest absolute Gasteiger partial charge is 0.252 e. The molecule has 0 aliphatic carbocycles. The molecule has 0 aliphatic heterocycles. The van der Waals surface area contributed by atoms with Gasteiger partial charge in [-0.15, -0.1) is 16.8 Å². The van der Waals surface area contributed by atoms with Gasteiger partial charge in [0.05, 0.1) is 18.4 Å². The van der Waals surface area contributed by atoms with Gasteiger partial charge in [0.15, 0.2) is 11.0 Å². The maximum atomic E-state index is 12.7. The van der Waals surface area contributed by atoms with Crippen molar-refractivity contribution in [1.82, 2.24) is 20.1 Å². The number of nitrogens with zero attached hydrogens (tertiary/aromatic N) is 3. The molecule has 2 aromatic carbocycles. The molecular formula is C25H29N5O3S. The van der Waals surface area contributed by atoms with E-state index in [1.807, 2.05) is 55.7 Å².